The van der Waals surface area contributed by atoms with E-state index in [0.717, 1.165) is 0 Å². The molecule has 0 aromatic carbocycles. The molecule has 1 aromatic rings. The van der Waals surface area contributed by atoms with Crippen molar-refractivity contribution in [3.63, 3.8) is 0 Å². The zero-order valence-electron chi connectivity index (χ0n) is 9.93. The van der Waals surface area contributed by atoms with E-state index < -0.39 is 29.2 Å². The monoisotopic (exact) mass is 257 g/mol. The average Bonchev–Trinajstić information content (AvgIpc) is 2.52. The maximum absolute atomic E-state index is 14.5. The Bertz CT molecular complexity index is 499. The van der Waals surface area contributed by atoms with Crippen LogP contribution in [0.1, 0.15) is 24.8 Å². The molecular formula is C12H16FNO4. The molecule has 6 heteroatoms. The predicted molar refractivity (Wildman–Crippen MR) is 62.2 cm³/mol. The second kappa shape index (κ2) is 4.37. The van der Waals surface area contributed by atoms with Crippen LogP contribution in [0.15, 0.2) is 16.9 Å². The molecule has 2 rings (SSSR count). The van der Waals surface area contributed by atoms with Crippen LogP contribution in [-0.2, 0) is 0 Å². The second-order valence-electron chi connectivity index (χ2n) is 4.95. The van der Waals surface area contributed by atoms with Crippen LogP contribution in [0.25, 0.3) is 0 Å². The third-order valence-corrected chi connectivity index (χ3v) is 3.78. The highest BCUT2D eigenvalue weighted by Gasteiger charge is 2.53. The second-order valence-corrected chi connectivity index (χ2v) is 4.95. The zero-order valence-corrected chi connectivity index (χ0v) is 9.93. The highest BCUT2D eigenvalue weighted by Crippen LogP contribution is 2.49. The average molecular weight is 257 g/mol. The maximum Gasteiger partial charge on any atom is 0.250 e. The van der Waals surface area contributed by atoms with E-state index in [0.29, 0.717) is 0 Å². The molecule has 1 fully saturated rings. The minimum Gasteiger partial charge on any atom is -0.494 e. The number of aromatic hydroxyl groups is 1. The Hall–Kier alpha value is -1.40. The van der Waals surface area contributed by atoms with Crippen LogP contribution < -0.4 is 5.56 Å². The van der Waals surface area contributed by atoms with Crippen molar-refractivity contribution in [1.29, 1.82) is 0 Å². The summed E-state index contributed by atoms with van der Waals surface area (Å²) in [5, 5.41) is 28.6. The molecule has 1 heterocycles. The number of aromatic amines is 1. The van der Waals surface area contributed by atoms with Crippen molar-refractivity contribution in [3.8, 4) is 5.88 Å². The van der Waals surface area contributed by atoms with Gasteiger partial charge < -0.3 is 15.3 Å². The number of aliphatic hydroxyl groups excluding tert-OH is 2. The number of hydrogen-bond acceptors (Lipinski definition) is 4. The highest BCUT2D eigenvalue weighted by molar-refractivity contribution is 5.33. The number of nitrogens with one attached hydrogen (secondary N) is 1. The molecule has 18 heavy (non-hydrogen) atoms. The Morgan fingerprint density at radius 3 is 2.72 bits per heavy atom. The minimum absolute atomic E-state index is 0.213. The summed E-state index contributed by atoms with van der Waals surface area (Å²) in [4.78, 5) is 13.2. The van der Waals surface area contributed by atoms with Crippen molar-refractivity contribution in [2.75, 3.05) is 6.61 Å². The fraction of sp³-hybridized carbons (Fsp3) is 0.583. The van der Waals surface area contributed by atoms with E-state index in [1.54, 1.807) is 0 Å². The molecule has 0 aliphatic heterocycles. The smallest absolute Gasteiger partial charge is 0.250 e. The van der Waals surface area contributed by atoms with E-state index in [1.165, 1.54) is 19.1 Å². The number of aromatic nitrogens is 1. The summed E-state index contributed by atoms with van der Waals surface area (Å²) in [6, 6.07) is 2.55. The Labute approximate surface area is 103 Å². The van der Waals surface area contributed by atoms with Crippen LogP contribution in [-0.4, -0.2) is 38.7 Å². The largest absolute Gasteiger partial charge is 0.494 e. The van der Waals surface area contributed by atoms with Gasteiger partial charge >= 0.3 is 0 Å². The van der Waals surface area contributed by atoms with E-state index in [1.807, 2.05) is 0 Å². The van der Waals surface area contributed by atoms with Crippen LogP contribution in [0.4, 0.5) is 4.39 Å². The van der Waals surface area contributed by atoms with Gasteiger partial charge in [-0.05, 0) is 19.4 Å². The normalized spacial score (nSPS) is 35.9. The van der Waals surface area contributed by atoms with Gasteiger partial charge in [0.25, 0.3) is 5.56 Å². The van der Waals surface area contributed by atoms with Gasteiger partial charge in [-0.2, -0.15) is 0 Å². The number of hydrogen-bond donors (Lipinski definition) is 4. The molecule has 1 aliphatic carbocycles. The quantitative estimate of drug-likeness (QED) is 0.611. The summed E-state index contributed by atoms with van der Waals surface area (Å²) in [5.41, 5.74) is -2.19. The van der Waals surface area contributed by atoms with Crippen LogP contribution >= 0.6 is 0 Å². The fourth-order valence-corrected chi connectivity index (χ4v) is 2.69. The van der Waals surface area contributed by atoms with Gasteiger partial charge in [0.05, 0.1) is 6.10 Å². The molecule has 0 radical (unpaired) electrons. The van der Waals surface area contributed by atoms with Crippen molar-refractivity contribution in [3.05, 3.63) is 28.0 Å². The van der Waals surface area contributed by atoms with Gasteiger partial charge in [0.15, 0.2) is 5.88 Å². The number of rotatable bonds is 2. The van der Waals surface area contributed by atoms with Crippen LogP contribution in [0.3, 0.4) is 0 Å². The van der Waals surface area contributed by atoms with Crippen molar-refractivity contribution in [1.82, 2.24) is 4.98 Å². The summed E-state index contributed by atoms with van der Waals surface area (Å²) in [6.45, 7) is 0.920. The number of pyridine rings is 1. The van der Waals surface area contributed by atoms with E-state index in [2.05, 4.69) is 4.98 Å². The van der Waals surface area contributed by atoms with Gasteiger partial charge in [0, 0.05) is 30.1 Å². The van der Waals surface area contributed by atoms with Crippen LogP contribution in [0, 0.1) is 5.92 Å². The summed E-state index contributed by atoms with van der Waals surface area (Å²) in [6.07, 6.45) is -1.08. The molecule has 0 amide bonds. The lowest BCUT2D eigenvalue weighted by atomic mass is 9.87. The van der Waals surface area contributed by atoms with Gasteiger partial charge in [-0.15, -0.1) is 0 Å². The minimum atomic E-state index is -1.96. The van der Waals surface area contributed by atoms with Crippen molar-refractivity contribution >= 4 is 0 Å². The van der Waals surface area contributed by atoms with Crippen molar-refractivity contribution in [2.24, 2.45) is 5.92 Å². The summed E-state index contributed by atoms with van der Waals surface area (Å²) >= 11 is 0. The summed E-state index contributed by atoms with van der Waals surface area (Å²) < 4.78 is 14.5. The molecule has 0 saturated heterocycles. The molecule has 4 atom stereocenters. The Kier molecular flexibility index (Phi) is 3.16. The first kappa shape index (κ1) is 13.0. The van der Waals surface area contributed by atoms with Gasteiger partial charge in [-0.25, -0.2) is 4.39 Å². The van der Waals surface area contributed by atoms with Gasteiger partial charge in [-0.3, -0.25) is 9.78 Å². The molecule has 0 bridgehead atoms. The van der Waals surface area contributed by atoms with E-state index >= 15 is 0 Å². The first-order valence-electron chi connectivity index (χ1n) is 5.78. The van der Waals surface area contributed by atoms with Crippen LogP contribution in [0.5, 0.6) is 5.88 Å². The highest BCUT2D eigenvalue weighted by atomic mass is 19.1. The van der Waals surface area contributed by atoms with Crippen molar-refractivity contribution in [2.45, 2.75) is 31.0 Å². The van der Waals surface area contributed by atoms with Gasteiger partial charge in [0.1, 0.15) is 5.67 Å². The summed E-state index contributed by atoms with van der Waals surface area (Å²) in [7, 11) is 0. The lowest BCUT2D eigenvalue weighted by Crippen LogP contribution is -2.37. The fourth-order valence-electron chi connectivity index (χ4n) is 2.69. The third-order valence-electron chi connectivity index (χ3n) is 3.78. The SMILES string of the molecule is C[C@@]1(F)[C@H](O)[C@@H](CO)C[C@H]1c1ccc(=O)[nH]c1O. The molecule has 0 spiro atoms. The maximum atomic E-state index is 14.5. The molecule has 5 nitrogen and oxygen atoms in total. The number of aliphatic hydroxyl groups is 2. The molecule has 100 valence electrons. The number of alkyl halides is 1. The number of H-pyrrole nitrogens is 1. The van der Waals surface area contributed by atoms with Gasteiger partial charge in [-0.1, -0.05) is 0 Å². The topological polar surface area (TPSA) is 93.5 Å². The molecule has 1 aliphatic rings. The number of halogens is 1. The first-order chi connectivity index (χ1) is 8.37. The Balaban J connectivity index is 2.42. The molecule has 1 saturated carbocycles. The van der Waals surface area contributed by atoms with E-state index in [-0.39, 0.29) is 24.5 Å². The molecular weight excluding hydrogens is 241 g/mol. The summed E-state index contributed by atoms with van der Waals surface area (Å²) in [5.74, 6) is -1.72. The molecule has 1 aromatic heterocycles. The third kappa shape index (κ3) is 1.91. The standard InChI is InChI=1S/C12H16FNO4/c1-12(13)8(4-6(5-15)10(12)17)7-2-3-9(16)14-11(7)18/h2-3,6,8,10,15,17H,4-5H2,1H3,(H2,14,16,18)/t6-,8+,10-,12+/m1/s1. The van der Waals surface area contributed by atoms with Crippen molar-refractivity contribution < 1.29 is 19.7 Å². The van der Waals surface area contributed by atoms with Gasteiger partial charge in [0.2, 0.25) is 0 Å². The molecule has 0 unspecified atom stereocenters. The zero-order chi connectivity index (χ0) is 13.5. The van der Waals surface area contributed by atoms with E-state index in [4.69, 9.17) is 5.11 Å². The first-order valence-corrected chi connectivity index (χ1v) is 5.78. The molecule has 4 N–H and O–H groups in total. The Morgan fingerprint density at radius 1 is 1.56 bits per heavy atom. The van der Waals surface area contributed by atoms with E-state index in [9.17, 15) is 19.4 Å². The lowest BCUT2D eigenvalue weighted by Gasteiger charge is -2.26. The Morgan fingerprint density at radius 2 is 2.22 bits per heavy atom. The predicted octanol–water partition coefficient (Wildman–Crippen LogP) is 0.265. The van der Waals surface area contributed by atoms with Crippen LogP contribution in [0.2, 0.25) is 0 Å². The lowest BCUT2D eigenvalue weighted by molar-refractivity contribution is -0.0124.